The number of aromatic nitrogens is 1. The van der Waals surface area contributed by atoms with Crippen LogP contribution in [-0.2, 0) is 0 Å². The zero-order valence-electron chi connectivity index (χ0n) is 8.89. The summed E-state index contributed by atoms with van der Waals surface area (Å²) in [5.41, 5.74) is 7.20. The lowest BCUT2D eigenvalue weighted by molar-refractivity contribution is 1.13. The van der Waals surface area contributed by atoms with Crippen LogP contribution < -0.4 is 10.6 Å². The average Bonchev–Trinajstić information content (AvgIpc) is 2.33. The topological polar surface area (TPSA) is 42.1 Å². The molecule has 0 saturated heterocycles. The maximum absolute atomic E-state index is 5.97. The first-order chi connectivity index (χ1) is 7.68. The van der Waals surface area contributed by atoms with Gasteiger partial charge in [0.05, 0.1) is 10.7 Å². The third-order valence-corrected chi connectivity index (χ3v) is 2.69. The second-order valence-electron chi connectivity index (χ2n) is 3.45. The number of rotatable bonds is 2. The summed E-state index contributed by atoms with van der Waals surface area (Å²) >= 11 is 5.97. The number of anilines is 3. The first-order valence-corrected chi connectivity index (χ1v) is 5.26. The fourth-order valence-corrected chi connectivity index (χ4v) is 1.58. The fraction of sp³-hybridized carbons (Fsp3) is 0.0833. The van der Waals surface area contributed by atoms with E-state index >= 15 is 0 Å². The van der Waals surface area contributed by atoms with E-state index in [0.29, 0.717) is 10.7 Å². The Labute approximate surface area is 99.5 Å². The number of nitrogens with two attached hydrogens (primary N) is 1. The molecule has 1 aromatic carbocycles. The van der Waals surface area contributed by atoms with Gasteiger partial charge >= 0.3 is 0 Å². The molecular weight excluding hydrogens is 222 g/mol. The summed E-state index contributed by atoms with van der Waals surface area (Å²) in [7, 11) is 1.93. The lowest BCUT2D eigenvalue weighted by atomic mass is 10.2. The van der Waals surface area contributed by atoms with Crippen molar-refractivity contribution in [1.82, 2.24) is 4.98 Å². The molecule has 16 heavy (non-hydrogen) atoms. The Hall–Kier alpha value is -1.74. The Morgan fingerprint density at radius 3 is 2.69 bits per heavy atom. The van der Waals surface area contributed by atoms with Gasteiger partial charge in [-0.15, -0.1) is 0 Å². The van der Waals surface area contributed by atoms with Crippen molar-refractivity contribution in [3.8, 4) is 0 Å². The van der Waals surface area contributed by atoms with E-state index in [9.17, 15) is 0 Å². The molecule has 3 nitrogen and oxygen atoms in total. The summed E-state index contributed by atoms with van der Waals surface area (Å²) in [6, 6.07) is 11.3. The van der Waals surface area contributed by atoms with E-state index in [-0.39, 0.29) is 0 Å². The fourth-order valence-electron chi connectivity index (χ4n) is 1.41. The largest absolute Gasteiger partial charge is 0.398 e. The summed E-state index contributed by atoms with van der Waals surface area (Å²) < 4.78 is 0. The second kappa shape index (κ2) is 4.41. The van der Waals surface area contributed by atoms with Gasteiger partial charge in [0.25, 0.3) is 0 Å². The van der Waals surface area contributed by atoms with Crippen LogP contribution >= 0.6 is 11.6 Å². The van der Waals surface area contributed by atoms with Crippen molar-refractivity contribution in [2.45, 2.75) is 0 Å². The highest BCUT2D eigenvalue weighted by molar-refractivity contribution is 6.33. The number of hydrogen-bond donors (Lipinski definition) is 1. The second-order valence-corrected chi connectivity index (χ2v) is 3.86. The Bertz CT molecular complexity index is 485. The molecular formula is C12H12ClN3. The molecule has 0 atom stereocenters. The minimum Gasteiger partial charge on any atom is -0.398 e. The van der Waals surface area contributed by atoms with Gasteiger partial charge < -0.3 is 10.6 Å². The smallest absolute Gasteiger partial charge is 0.132 e. The number of halogens is 1. The Morgan fingerprint density at radius 1 is 1.25 bits per heavy atom. The van der Waals surface area contributed by atoms with Crippen LogP contribution in [0.2, 0.25) is 5.02 Å². The summed E-state index contributed by atoms with van der Waals surface area (Å²) in [4.78, 5) is 6.21. The first-order valence-electron chi connectivity index (χ1n) is 4.88. The van der Waals surface area contributed by atoms with Crippen LogP contribution in [0.4, 0.5) is 17.2 Å². The van der Waals surface area contributed by atoms with Crippen molar-refractivity contribution in [2.24, 2.45) is 0 Å². The molecule has 0 aliphatic heterocycles. The molecule has 1 heterocycles. The molecule has 0 aliphatic carbocycles. The molecule has 0 saturated carbocycles. The zero-order valence-corrected chi connectivity index (χ0v) is 9.65. The lowest BCUT2D eigenvalue weighted by Gasteiger charge is -2.18. The SMILES string of the molecule is CN(c1ccc(N)c(Cl)c1)c1ccccn1. The van der Waals surface area contributed by atoms with Crippen molar-refractivity contribution in [3.63, 3.8) is 0 Å². The summed E-state index contributed by atoms with van der Waals surface area (Å²) in [6.07, 6.45) is 1.75. The van der Waals surface area contributed by atoms with Crippen LogP contribution in [0.1, 0.15) is 0 Å². The monoisotopic (exact) mass is 233 g/mol. The predicted molar refractivity (Wildman–Crippen MR) is 68.2 cm³/mol. The van der Waals surface area contributed by atoms with Crippen molar-refractivity contribution in [2.75, 3.05) is 17.7 Å². The van der Waals surface area contributed by atoms with Gasteiger partial charge in [-0.1, -0.05) is 17.7 Å². The van der Waals surface area contributed by atoms with Crippen LogP contribution in [0.25, 0.3) is 0 Å². The standard InChI is InChI=1S/C12H12ClN3/c1-16(12-4-2-3-7-15-12)9-5-6-11(14)10(13)8-9/h2-8H,14H2,1H3. The molecule has 0 aliphatic rings. The highest BCUT2D eigenvalue weighted by atomic mass is 35.5. The predicted octanol–water partition coefficient (Wildman–Crippen LogP) is 3.09. The summed E-state index contributed by atoms with van der Waals surface area (Å²) in [6.45, 7) is 0. The molecule has 4 heteroatoms. The van der Waals surface area contributed by atoms with E-state index in [2.05, 4.69) is 4.98 Å². The molecule has 2 aromatic rings. The van der Waals surface area contributed by atoms with Crippen LogP contribution in [-0.4, -0.2) is 12.0 Å². The number of benzene rings is 1. The Morgan fingerprint density at radius 2 is 2.06 bits per heavy atom. The average molecular weight is 234 g/mol. The first kappa shape index (κ1) is 10.8. The van der Waals surface area contributed by atoms with Crippen LogP contribution in [0.15, 0.2) is 42.6 Å². The maximum atomic E-state index is 5.97. The molecule has 2 N–H and O–H groups in total. The van der Waals surface area contributed by atoms with E-state index in [4.69, 9.17) is 17.3 Å². The lowest BCUT2D eigenvalue weighted by Crippen LogP contribution is -2.10. The van der Waals surface area contributed by atoms with Gasteiger partial charge in [0.1, 0.15) is 5.82 Å². The molecule has 0 spiro atoms. The van der Waals surface area contributed by atoms with Crippen molar-refractivity contribution < 1.29 is 0 Å². The van der Waals surface area contributed by atoms with Gasteiger partial charge in [-0.2, -0.15) is 0 Å². The third-order valence-electron chi connectivity index (χ3n) is 2.36. The quantitative estimate of drug-likeness (QED) is 0.811. The minimum atomic E-state index is 0.556. The van der Waals surface area contributed by atoms with Gasteiger partial charge in [0.15, 0.2) is 0 Å². The molecule has 0 unspecified atom stereocenters. The summed E-state index contributed by atoms with van der Waals surface area (Å²) in [5, 5.41) is 0.556. The van der Waals surface area contributed by atoms with E-state index in [1.54, 1.807) is 12.3 Å². The molecule has 1 aromatic heterocycles. The van der Waals surface area contributed by atoms with Gasteiger partial charge in [-0.05, 0) is 30.3 Å². The zero-order chi connectivity index (χ0) is 11.5. The Balaban J connectivity index is 2.34. The van der Waals surface area contributed by atoms with Crippen molar-refractivity contribution in [1.29, 1.82) is 0 Å². The van der Waals surface area contributed by atoms with E-state index in [1.807, 2.05) is 42.3 Å². The van der Waals surface area contributed by atoms with Crippen molar-refractivity contribution in [3.05, 3.63) is 47.6 Å². The molecule has 0 amide bonds. The number of hydrogen-bond acceptors (Lipinski definition) is 3. The van der Waals surface area contributed by atoms with Crippen molar-refractivity contribution >= 4 is 28.8 Å². The summed E-state index contributed by atoms with van der Waals surface area (Å²) in [5.74, 6) is 0.864. The van der Waals surface area contributed by atoms with Gasteiger partial charge in [0, 0.05) is 18.9 Å². The minimum absolute atomic E-state index is 0.556. The van der Waals surface area contributed by atoms with Gasteiger partial charge in [-0.3, -0.25) is 0 Å². The Kier molecular flexibility index (Phi) is 2.97. The van der Waals surface area contributed by atoms with E-state index in [0.717, 1.165) is 11.5 Å². The highest BCUT2D eigenvalue weighted by Crippen LogP contribution is 2.27. The van der Waals surface area contributed by atoms with E-state index in [1.165, 1.54) is 0 Å². The number of pyridine rings is 1. The van der Waals surface area contributed by atoms with Crippen LogP contribution in [0.3, 0.4) is 0 Å². The third kappa shape index (κ3) is 2.09. The highest BCUT2D eigenvalue weighted by Gasteiger charge is 2.06. The molecule has 0 fully saturated rings. The maximum Gasteiger partial charge on any atom is 0.132 e. The van der Waals surface area contributed by atoms with Crippen LogP contribution in [0, 0.1) is 0 Å². The normalized spacial score (nSPS) is 10.1. The number of nitrogens with zero attached hydrogens (tertiary/aromatic N) is 2. The molecule has 2 rings (SSSR count). The van der Waals surface area contributed by atoms with Crippen LogP contribution in [0.5, 0.6) is 0 Å². The molecule has 82 valence electrons. The van der Waals surface area contributed by atoms with Gasteiger partial charge in [-0.25, -0.2) is 4.98 Å². The molecule has 0 bridgehead atoms. The van der Waals surface area contributed by atoms with E-state index < -0.39 is 0 Å². The molecule has 0 radical (unpaired) electrons. The van der Waals surface area contributed by atoms with Gasteiger partial charge in [0.2, 0.25) is 0 Å². The number of nitrogen functional groups attached to an aromatic ring is 1.